The van der Waals surface area contributed by atoms with E-state index in [0.717, 1.165) is 16.5 Å². The van der Waals surface area contributed by atoms with Gasteiger partial charge in [-0.3, -0.25) is 0 Å². The van der Waals surface area contributed by atoms with Gasteiger partial charge in [-0.05, 0) is 37.1 Å². The molecule has 0 saturated carbocycles. The Balaban J connectivity index is 2.61. The van der Waals surface area contributed by atoms with Gasteiger partial charge in [0.2, 0.25) is 5.71 Å². The van der Waals surface area contributed by atoms with Crippen molar-refractivity contribution in [3.63, 3.8) is 0 Å². The van der Waals surface area contributed by atoms with Crippen LogP contribution in [0.1, 0.15) is 11.1 Å². The van der Waals surface area contributed by atoms with E-state index in [1.807, 2.05) is 19.9 Å². The highest BCUT2D eigenvalue weighted by molar-refractivity contribution is 5.93. The van der Waals surface area contributed by atoms with E-state index >= 15 is 0 Å². The second kappa shape index (κ2) is 3.01. The van der Waals surface area contributed by atoms with Gasteiger partial charge in [0.05, 0.1) is 0 Å². The lowest BCUT2D eigenvalue weighted by Gasteiger charge is -2.04. The molecule has 0 bridgehead atoms. The highest BCUT2D eigenvalue weighted by Gasteiger charge is 2.12. The summed E-state index contributed by atoms with van der Waals surface area (Å²) in [5.41, 5.74) is 3.19. The van der Waals surface area contributed by atoms with Crippen LogP contribution in [0.25, 0.3) is 22.1 Å². The van der Waals surface area contributed by atoms with E-state index in [0.29, 0.717) is 16.7 Å². The molecule has 3 aromatic rings. The average molecular weight is 216 g/mol. The van der Waals surface area contributed by atoms with Crippen molar-refractivity contribution in [1.82, 2.24) is 9.97 Å². The minimum atomic E-state index is -0.323. The van der Waals surface area contributed by atoms with Gasteiger partial charge in [0.25, 0.3) is 0 Å². The van der Waals surface area contributed by atoms with Gasteiger partial charge in [0.15, 0.2) is 6.39 Å². The molecule has 3 nitrogen and oxygen atoms in total. The van der Waals surface area contributed by atoms with Crippen LogP contribution in [-0.2, 0) is 0 Å². The number of aryl methyl sites for hydroxylation is 2. The number of rotatable bonds is 0. The van der Waals surface area contributed by atoms with Gasteiger partial charge in [-0.1, -0.05) is 0 Å². The summed E-state index contributed by atoms with van der Waals surface area (Å²) in [5.74, 6) is -0.323. The van der Waals surface area contributed by atoms with Crippen molar-refractivity contribution in [1.29, 1.82) is 0 Å². The van der Waals surface area contributed by atoms with Gasteiger partial charge in [-0.2, -0.15) is 0 Å². The summed E-state index contributed by atoms with van der Waals surface area (Å²) < 4.78 is 18.8. The van der Waals surface area contributed by atoms with Gasteiger partial charge in [-0.25, -0.2) is 14.4 Å². The van der Waals surface area contributed by atoms with Crippen molar-refractivity contribution >= 4 is 22.1 Å². The van der Waals surface area contributed by atoms with Gasteiger partial charge >= 0.3 is 0 Å². The van der Waals surface area contributed by atoms with E-state index in [2.05, 4.69) is 9.97 Å². The van der Waals surface area contributed by atoms with E-state index in [4.69, 9.17) is 4.42 Å². The van der Waals surface area contributed by atoms with Crippen LogP contribution in [0.4, 0.5) is 4.39 Å². The molecule has 3 rings (SSSR count). The summed E-state index contributed by atoms with van der Waals surface area (Å²) in [4.78, 5) is 8.21. The zero-order valence-corrected chi connectivity index (χ0v) is 8.91. The summed E-state index contributed by atoms with van der Waals surface area (Å²) in [6, 6.07) is 3.38. The molecule has 4 heteroatoms. The lowest BCUT2D eigenvalue weighted by Crippen LogP contribution is -1.90. The summed E-state index contributed by atoms with van der Waals surface area (Å²) in [6.07, 6.45) is 1.33. The van der Waals surface area contributed by atoms with Crippen LogP contribution in [0, 0.1) is 19.7 Å². The van der Waals surface area contributed by atoms with E-state index < -0.39 is 0 Å². The first-order chi connectivity index (χ1) is 7.66. The highest BCUT2D eigenvalue weighted by atomic mass is 19.1. The van der Waals surface area contributed by atoms with Crippen LogP contribution in [0.2, 0.25) is 0 Å². The fourth-order valence-electron chi connectivity index (χ4n) is 1.94. The van der Waals surface area contributed by atoms with Crippen molar-refractivity contribution in [3.05, 3.63) is 35.5 Å². The zero-order valence-electron chi connectivity index (χ0n) is 8.91. The minimum absolute atomic E-state index is 0.323. The van der Waals surface area contributed by atoms with E-state index in [1.54, 1.807) is 0 Å². The number of hydrogen-bond donors (Lipinski definition) is 0. The monoisotopic (exact) mass is 216 g/mol. The fraction of sp³-hybridized carbons (Fsp3) is 0.167. The molecule has 16 heavy (non-hydrogen) atoms. The first-order valence-corrected chi connectivity index (χ1v) is 4.96. The standard InChI is InChI=1S/C12H9FN2O/c1-6-3-8-7(2)10-12(16-5-14-10)15-11(8)9(13)4-6/h3-5H,1-2H3. The van der Waals surface area contributed by atoms with Crippen LogP contribution < -0.4 is 0 Å². The molecule has 0 amide bonds. The molecule has 2 aromatic heterocycles. The minimum Gasteiger partial charge on any atom is -0.425 e. The first kappa shape index (κ1) is 9.27. The SMILES string of the molecule is Cc1cc(F)c2nc3ocnc3c(C)c2c1. The normalized spacial score (nSPS) is 11.4. The predicted octanol–water partition coefficient (Wildman–Crippen LogP) is 3.13. The molecule has 0 aliphatic rings. The molecule has 0 aliphatic heterocycles. The average Bonchev–Trinajstić information content (AvgIpc) is 2.68. The van der Waals surface area contributed by atoms with E-state index in [9.17, 15) is 4.39 Å². The lowest BCUT2D eigenvalue weighted by molar-refractivity contribution is 0.589. The number of halogens is 1. The highest BCUT2D eigenvalue weighted by Crippen LogP contribution is 2.26. The Kier molecular flexibility index (Phi) is 1.74. The molecule has 0 saturated heterocycles. The van der Waals surface area contributed by atoms with E-state index in [1.165, 1.54) is 12.5 Å². The Labute approximate surface area is 90.9 Å². The smallest absolute Gasteiger partial charge is 0.247 e. The van der Waals surface area contributed by atoms with Gasteiger partial charge < -0.3 is 4.42 Å². The predicted molar refractivity (Wildman–Crippen MR) is 58.7 cm³/mol. The number of aromatic nitrogens is 2. The molecule has 0 atom stereocenters. The molecule has 0 N–H and O–H groups in total. The molecule has 0 radical (unpaired) electrons. The molecule has 0 unspecified atom stereocenters. The van der Waals surface area contributed by atoms with Crippen molar-refractivity contribution in [2.45, 2.75) is 13.8 Å². The summed E-state index contributed by atoms with van der Waals surface area (Å²) in [6.45, 7) is 3.75. The van der Waals surface area contributed by atoms with Crippen molar-refractivity contribution < 1.29 is 8.81 Å². The Bertz CT molecular complexity index is 703. The lowest BCUT2D eigenvalue weighted by atomic mass is 10.1. The maximum Gasteiger partial charge on any atom is 0.247 e. The number of pyridine rings is 1. The van der Waals surface area contributed by atoms with Gasteiger partial charge in [0.1, 0.15) is 16.9 Å². The van der Waals surface area contributed by atoms with Crippen LogP contribution in [0.15, 0.2) is 22.9 Å². The van der Waals surface area contributed by atoms with Crippen molar-refractivity contribution in [2.24, 2.45) is 0 Å². The molecule has 2 heterocycles. The molecule has 0 spiro atoms. The van der Waals surface area contributed by atoms with Gasteiger partial charge in [0, 0.05) is 5.39 Å². The summed E-state index contributed by atoms with van der Waals surface area (Å²) >= 11 is 0. The number of hydrogen-bond acceptors (Lipinski definition) is 3. The second-order valence-electron chi connectivity index (χ2n) is 3.89. The quantitative estimate of drug-likeness (QED) is 0.579. The number of fused-ring (bicyclic) bond motifs is 2. The fourth-order valence-corrected chi connectivity index (χ4v) is 1.94. The molecular weight excluding hydrogens is 207 g/mol. The van der Waals surface area contributed by atoms with Gasteiger partial charge in [-0.15, -0.1) is 0 Å². The molecular formula is C12H9FN2O. The third-order valence-corrected chi connectivity index (χ3v) is 2.73. The Morgan fingerprint density at radius 2 is 2.00 bits per heavy atom. The Hall–Kier alpha value is -1.97. The number of benzene rings is 1. The number of nitrogens with zero attached hydrogens (tertiary/aromatic N) is 2. The van der Waals surface area contributed by atoms with Crippen molar-refractivity contribution in [3.8, 4) is 0 Å². The van der Waals surface area contributed by atoms with Crippen LogP contribution in [-0.4, -0.2) is 9.97 Å². The molecule has 0 fully saturated rings. The molecule has 80 valence electrons. The van der Waals surface area contributed by atoms with Crippen LogP contribution >= 0.6 is 0 Å². The Morgan fingerprint density at radius 3 is 2.81 bits per heavy atom. The number of oxazole rings is 1. The maximum atomic E-state index is 13.7. The largest absolute Gasteiger partial charge is 0.425 e. The van der Waals surface area contributed by atoms with Crippen LogP contribution in [0.3, 0.4) is 0 Å². The molecule has 1 aromatic carbocycles. The summed E-state index contributed by atoms with van der Waals surface area (Å²) in [5, 5.41) is 0.791. The van der Waals surface area contributed by atoms with Crippen LogP contribution in [0.5, 0.6) is 0 Å². The third kappa shape index (κ3) is 1.13. The Morgan fingerprint density at radius 1 is 1.19 bits per heavy atom. The zero-order chi connectivity index (χ0) is 11.3. The molecule has 0 aliphatic carbocycles. The van der Waals surface area contributed by atoms with E-state index in [-0.39, 0.29) is 5.82 Å². The second-order valence-corrected chi connectivity index (χ2v) is 3.89. The van der Waals surface area contributed by atoms with Crippen molar-refractivity contribution in [2.75, 3.05) is 0 Å². The topological polar surface area (TPSA) is 38.9 Å². The maximum absolute atomic E-state index is 13.7. The summed E-state index contributed by atoms with van der Waals surface area (Å²) in [7, 11) is 0. The first-order valence-electron chi connectivity index (χ1n) is 4.96. The third-order valence-electron chi connectivity index (χ3n) is 2.73.